The van der Waals surface area contributed by atoms with Gasteiger partial charge in [0.1, 0.15) is 0 Å². The van der Waals surface area contributed by atoms with Gasteiger partial charge in [0.25, 0.3) is 0 Å². The third-order valence-corrected chi connectivity index (χ3v) is 4.84. The molecule has 0 saturated heterocycles. The van der Waals surface area contributed by atoms with Crippen LogP contribution in [0.5, 0.6) is 0 Å². The Morgan fingerprint density at radius 3 is 2.00 bits per heavy atom. The van der Waals surface area contributed by atoms with Crippen molar-refractivity contribution in [2.24, 2.45) is 5.92 Å². The lowest BCUT2D eigenvalue weighted by molar-refractivity contribution is -0.137. The van der Waals surface area contributed by atoms with Gasteiger partial charge in [-0.2, -0.15) is 0 Å². The summed E-state index contributed by atoms with van der Waals surface area (Å²) < 4.78 is 0. The molecule has 1 rings (SSSR count). The first-order valence-electron chi connectivity index (χ1n) is 9.94. The minimum atomic E-state index is -0.660. The molecule has 0 amide bonds. The molecule has 136 valence electrons. The van der Waals surface area contributed by atoms with Gasteiger partial charge in [0.2, 0.25) is 0 Å². The quantitative estimate of drug-likeness (QED) is 0.366. The number of hydrogen-bond acceptors (Lipinski definition) is 1. The number of benzene rings is 1. The third-order valence-electron chi connectivity index (χ3n) is 4.84. The fourth-order valence-electron chi connectivity index (χ4n) is 3.26. The van der Waals surface area contributed by atoms with Crippen LogP contribution in [0.25, 0.3) is 0 Å². The highest BCUT2D eigenvalue weighted by Crippen LogP contribution is 2.18. The van der Waals surface area contributed by atoms with E-state index in [9.17, 15) is 4.79 Å². The van der Waals surface area contributed by atoms with Gasteiger partial charge in [-0.25, -0.2) is 0 Å². The molecule has 1 aromatic carbocycles. The van der Waals surface area contributed by atoms with Crippen LogP contribution in [0.2, 0.25) is 0 Å². The molecule has 1 aromatic rings. The van der Waals surface area contributed by atoms with E-state index >= 15 is 0 Å². The average molecular weight is 333 g/mol. The summed E-state index contributed by atoms with van der Waals surface area (Å²) in [6.45, 7) is 2.39. The highest BCUT2D eigenvalue weighted by atomic mass is 16.4. The Balaban J connectivity index is 1.84. The topological polar surface area (TPSA) is 37.3 Å². The molecular weight excluding hydrogens is 296 g/mol. The molecule has 0 bridgehead atoms. The van der Waals surface area contributed by atoms with Crippen LogP contribution < -0.4 is 0 Å². The van der Waals surface area contributed by atoms with Crippen LogP contribution in [0, 0.1) is 5.92 Å². The smallest absolute Gasteiger partial charge is 0.303 e. The lowest BCUT2D eigenvalue weighted by Gasteiger charge is -2.11. The van der Waals surface area contributed by atoms with E-state index in [2.05, 4.69) is 37.3 Å². The fraction of sp³-hybridized carbons (Fsp3) is 0.682. The first-order valence-corrected chi connectivity index (χ1v) is 9.94. The zero-order valence-electron chi connectivity index (χ0n) is 15.5. The van der Waals surface area contributed by atoms with Crippen LogP contribution in [0.3, 0.4) is 0 Å². The molecule has 2 heteroatoms. The molecule has 0 aromatic heterocycles. The summed E-state index contributed by atoms with van der Waals surface area (Å²) in [4.78, 5) is 10.4. The maximum Gasteiger partial charge on any atom is 0.303 e. The lowest BCUT2D eigenvalue weighted by atomic mass is 9.95. The van der Waals surface area contributed by atoms with E-state index in [1.165, 1.54) is 69.8 Å². The summed E-state index contributed by atoms with van der Waals surface area (Å²) in [6.07, 6.45) is 15.3. The SMILES string of the molecule is CC(CCCCCCCCC(=O)O)CCCCCc1ccccc1. The number of aliphatic carboxylic acids is 1. The van der Waals surface area contributed by atoms with Gasteiger partial charge in [-0.1, -0.05) is 95.0 Å². The number of carboxylic acids is 1. The largest absolute Gasteiger partial charge is 0.481 e. The monoisotopic (exact) mass is 332 g/mol. The van der Waals surface area contributed by atoms with Crippen LogP contribution in [0.15, 0.2) is 30.3 Å². The molecule has 0 fully saturated rings. The van der Waals surface area contributed by atoms with Crippen LogP contribution >= 0.6 is 0 Å². The Hall–Kier alpha value is -1.31. The molecular formula is C22H36O2. The Bertz CT molecular complexity index is 413. The van der Waals surface area contributed by atoms with Crippen molar-refractivity contribution in [3.05, 3.63) is 35.9 Å². The maximum atomic E-state index is 10.4. The summed E-state index contributed by atoms with van der Waals surface area (Å²) in [6, 6.07) is 10.8. The number of hydrogen-bond donors (Lipinski definition) is 1. The molecule has 0 saturated carbocycles. The van der Waals surface area contributed by atoms with E-state index in [1.54, 1.807) is 0 Å². The van der Waals surface area contributed by atoms with Gasteiger partial charge in [-0.15, -0.1) is 0 Å². The van der Waals surface area contributed by atoms with Crippen molar-refractivity contribution in [1.82, 2.24) is 0 Å². The number of carboxylic acid groups (broad SMARTS) is 1. The predicted molar refractivity (Wildman–Crippen MR) is 102 cm³/mol. The van der Waals surface area contributed by atoms with Crippen molar-refractivity contribution in [2.75, 3.05) is 0 Å². The highest BCUT2D eigenvalue weighted by molar-refractivity contribution is 5.66. The van der Waals surface area contributed by atoms with Gasteiger partial charge in [0, 0.05) is 6.42 Å². The summed E-state index contributed by atoms with van der Waals surface area (Å²) in [5.41, 5.74) is 1.47. The van der Waals surface area contributed by atoms with E-state index in [4.69, 9.17) is 5.11 Å². The van der Waals surface area contributed by atoms with Gasteiger partial charge in [-0.05, 0) is 30.7 Å². The lowest BCUT2D eigenvalue weighted by Crippen LogP contribution is -1.96. The standard InChI is InChI=1S/C22H36O2/c1-20(14-8-4-2-3-5-13-19-22(23)24)15-9-6-10-16-21-17-11-7-12-18-21/h7,11-12,17-18,20H,2-6,8-10,13-16,19H2,1H3,(H,23,24). The zero-order chi connectivity index (χ0) is 17.5. The number of aryl methyl sites for hydroxylation is 1. The maximum absolute atomic E-state index is 10.4. The Morgan fingerprint density at radius 1 is 0.833 bits per heavy atom. The number of carbonyl (C=O) groups is 1. The first kappa shape index (κ1) is 20.7. The number of unbranched alkanes of at least 4 members (excludes halogenated alkanes) is 7. The van der Waals surface area contributed by atoms with E-state index in [0.717, 1.165) is 18.8 Å². The van der Waals surface area contributed by atoms with Crippen LogP contribution in [0.1, 0.15) is 89.5 Å². The van der Waals surface area contributed by atoms with Crippen molar-refractivity contribution in [2.45, 2.75) is 90.4 Å². The Labute approximate surface area is 148 Å². The normalized spacial score (nSPS) is 12.2. The summed E-state index contributed by atoms with van der Waals surface area (Å²) in [5, 5.41) is 8.58. The van der Waals surface area contributed by atoms with Crippen molar-refractivity contribution >= 4 is 5.97 Å². The van der Waals surface area contributed by atoms with Crippen molar-refractivity contribution in [1.29, 1.82) is 0 Å². The second-order valence-electron chi connectivity index (χ2n) is 7.24. The minimum absolute atomic E-state index is 0.335. The van der Waals surface area contributed by atoms with E-state index in [1.807, 2.05) is 0 Å². The molecule has 24 heavy (non-hydrogen) atoms. The molecule has 1 atom stereocenters. The van der Waals surface area contributed by atoms with Crippen molar-refractivity contribution < 1.29 is 9.90 Å². The van der Waals surface area contributed by atoms with Gasteiger partial charge in [-0.3, -0.25) is 4.79 Å². The first-order chi connectivity index (χ1) is 11.7. The fourth-order valence-corrected chi connectivity index (χ4v) is 3.26. The Morgan fingerprint density at radius 2 is 1.38 bits per heavy atom. The van der Waals surface area contributed by atoms with Crippen LogP contribution in [-0.2, 0) is 11.2 Å². The molecule has 0 heterocycles. The molecule has 1 unspecified atom stereocenters. The molecule has 0 aliphatic heterocycles. The van der Waals surface area contributed by atoms with E-state index in [0.29, 0.717) is 6.42 Å². The highest BCUT2D eigenvalue weighted by Gasteiger charge is 2.02. The third kappa shape index (κ3) is 12.2. The summed E-state index contributed by atoms with van der Waals surface area (Å²) >= 11 is 0. The molecule has 0 aliphatic carbocycles. The zero-order valence-corrected chi connectivity index (χ0v) is 15.5. The predicted octanol–water partition coefficient (Wildman–Crippen LogP) is 6.63. The van der Waals surface area contributed by atoms with Gasteiger partial charge in [0.15, 0.2) is 0 Å². The number of rotatable bonds is 15. The second kappa shape index (κ2) is 14.1. The van der Waals surface area contributed by atoms with E-state index in [-0.39, 0.29) is 0 Å². The van der Waals surface area contributed by atoms with Crippen molar-refractivity contribution in [3.8, 4) is 0 Å². The summed E-state index contributed by atoms with van der Waals surface area (Å²) in [5.74, 6) is 0.196. The second-order valence-corrected chi connectivity index (χ2v) is 7.24. The van der Waals surface area contributed by atoms with Crippen LogP contribution in [0.4, 0.5) is 0 Å². The Kier molecular flexibility index (Phi) is 12.2. The molecule has 0 spiro atoms. The minimum Gasteiger partial charge on any atom is -0.481 e. The van der Waals surface area contributed by atoms with Crippen LogP contribution in [-0.4, -0.2) is 11.1 Å². The van der Waals surface area contributed by atoms with Crippen molar-refractivity contribution in [3.63, 3.8) is 0 Å². The van der Waals surface area contributed by atoms with Gasteiger partial charge in [0.05, 0.1) is 0 Å². The molecule has 0 aliphatic rings. The van der Waals surface area contributed by atoms with Gasteiger partial charge < -0.3 is 5.11 Å². The summed E-state index contributed by atoms with van der Waals surface area (Å²) in [7, 11) is 0. The average Bonchev–Trinajstić information content (AvgIpc) is 2.57. The van der Waals surface area contributed by atoms with E-state index < -0.39 is 5.97 Å². The molecule has 0 radical (unpaired) electrons. The molecule has 1 N–H and O–H groups in total. The van der Waals surface area contributed by atoms with Gasteiger partial charge >= 0.3 is 5.97 Å². The molecule has 2 nitrogen and oxygen atoms in total.